The van der Waals surface area contributed by atoms with E-state index in [2.05, 4.69) is 27.2 Å². The van der Waals surface area contributed by atoms with Crippen LogP contribution in [-0.2, 0) is 4.79 Å². The van der Waals surface area contributed by atoms with E-state index in [0.717, 1.165) is 51.1 Å². The third kappa shape index (κ3) is 7.20. The van der Waals surface area contributed by atoms with Gasteiger partial charge < -0.3 is 19.5 Å². The molecule has 34 heavy (non-hydrogen) atoms. The molecule has 4 rings (SSSR count). The first-order chi connectivity index (χ1) is 15.5. The van der Waals surface area contributed by atoms with Crippen LogP contribution in [0.3, 0.4) is 0 Å². The van der Waals surface area contributed by atoms with Crippen molar-refractivity contribution in [1.29, 1.82) is 0 Å². The first-order valence-electron chi connectivity index (χ1n) is 10.9. The van der Waals surface area contributed by atoms with Crippen molar-refractivity contribution in [2.75, 3.05) is 46.3 Å². The number of carbonyl (C=O) groups is 2. The molecule has 0 saturated carbocycles. The van der Waals surface area contributed by atoms with Crippen molar-refractivity contribution < 1.29 is 14.0 Å². The van der Waals surface area contributed by atoms with Crippen molar-refractivity contribution in [2.24, 2.45) is 4.99 Å². The van der Waals surface area contributed by atoms with E-state index in [1.54, 1.807) is 18.2 Å². The highest BCUT2D eigenvalue weighted by Crippen LogP contribution is 2.23. The SMILES string of the molecule is CN1CCN(CCCCN2C(=O)NC(/N=C/c3ccc(-c4ccc(Cl)cc4)o3)C2=O)CC1.Cl.Cl. The number of nitrogens with one attached hydrogen (secondary N) is 1. The van der Waals surface area contributed by atoms with E-state index < -0.39 is 12.2 Å². The lowest BCUT2D eigenvalue weighted by Gasteiger charge is -2.32. The van der Waals surface area contributed by atoms with Crippen LogP contribution in [0.15, 0.2) is 45.8 Å². The summed E-state index contributed by atoms with van der Waals surface area (Å²) < 4.78 is 5.76. The lowest BCUT2D eigenvalue weighted by Crippen LogP contribution is -2.44. The molecule has 1 atom stereocenters. The van der Waals surface area contributed by atoms with Crippen LogP contribution in [0.25, 0.3) is 11.3 Å². The number of piperazine rings is 1. The third-order valence-electron chi connectivity index (χ3n) is 5.81. The summed E-state index contributed by atoms with van der Waals surface area (Å²) in [5, 5.41) is 3.29. The Hall–Kier alpha value is -2.10. The summed E-state index contributed by atoms with van der Waals surface area (Å²) in [6.07, 6.45) is 2.29. The van der Waals surface area contributed by atoms with Gasteiger partial charge in [-0.25, -0.2) is 4.79 Å². The summed E-state index contributed by atoms with van der Waals surface area (Å²) in [6, 6.07) is 10.5. The van der Waals surface area contributed by atoms with Gasteiger partial charge in [0.05, 0.1) is 6.21 Å². The summed E-state index contributed by atoms with van der Waals surface area (Å²) in [4.78, 5) is 35.1. The summed E-state index contributed by atoms with van der Waals surface area (Å²) in [7, 11) is 2.14. The number of imide groups is 1. The molecular formula is C23H30Cl3N5O3. The number of nitrogens with zero attached hydrogens (tertiary/aromatic N) is 4. The molecule has 0 aliphatic carbocycles. The molecule has 0 radical (unpaired) electrons. The Morgan fingerprint density at radius 3 is 2.41 bits per heavy atom. The van der Waals surface area contributed by atoms with Crippen molar-refractivity contribution >= 4 is 54.6 Å². The topological polar surface area (TPSA) is 81.4 Å². The fourth-order valence-electron chi connectivity index (χ4n) is 3.83. The molecule has 2 fully saturated rings. The first-order valence-corrected chi connectivity index (χ1v) is 11.3. The van der Waals surface area contributed by atoms with Crippen molar-refractivity contribution in [3.05, 3.63) is 47.2 Å². The summed E-state index contributed by atoms with van der Waals surface area (Å²) >= 11 is 5.92. The Balaban J connectivity index is 0.00000204. The molecule has 2 saturated heterocycles. The number of hydrogen-bond acceptors (Lipinski definition) is 6. The predicted octanol–water partition coefficient (Wildman–Crippen LogP) is 3.77. The van der Waals surface area contributed by atoms with E-state index in [4.69, 9.17) is 16.0 Å². The lowest BCUT2D eigenvalue weighted by atomic mass is 10.2. The molecule has 2 aliphatic rings. The zero-order valence-electron chi connectivity index (χ0n) is 19.0. The molecule has 8 nitrogen and oxygen atoms in total. The van der Waals surface area contributed by atoms with Crippen LogP contribution < -0.4 is 5.32 Å². The maximum atomic E-state index is 12.6. The maximum absolute atomic E-state index is 12.6. The molecule has 2 aromatic rings. The fraction of sp³-hybridized carbons (Fsp3) is 0.435. The number of furan rings is 1. The van der Waals surface area contributed by atoms with E-state index in [1.807, 2.05) is 18.2 Å². The van der Waals surface area contributed by atoms with Crippen LogP contribution >= 0.6 is 36.4 Å². The predicted molar refractivity (Wildman–Crippen MR) is 138 cm³/mol. The number of benzene rings is 1. The number of aliphatic imine (C=N–C) groups is 1. The molecule has 2 aliphatic heterocycles. The Morgan fingerprint density at radius 1 is 1.03 bits per heavy atom. The highest BCUT2D eigenvalue weighted by Gasteiger charge is 2.37. The molecule has 1 unspecified atom stereocenters. The normalized spacial score (nSPS) is 19.2. The highest BCUT2D eigenvalue weighted by atomic mass is 35.5. The zero-order chi connectivity index (χ0) is 22.5. The molecule has 11 heteroatoms. The van der Waals surface area contributed by atoms with E-state index in [1.165, 1.54) is 11.1 Å². The number of carbonyl (C=O) groups excluding carboxylic acids is 2. The van der Waals surface area contributed by atoms with Gasteiger partial charge in [0.15, 0.2) is 0 Å². The fourth-order valence-corrected chi connectivity index (χ4v) is 3.96. The smallest absolute Gasteiger partial charge is 0.326 e. The largest absolute Gasteiger partial charge is 0.455 e. The quantitative estimate of drug-likeness (QED) is 0.319. The Kier molecular flexibility index (Phi) is 10.9. The van der Waals surface area contributed by atoms with E-state index >= 15 is 0 Å². The van der Waals surface area contributed by atoms with Gasteiger partial charge in [-0.1, -0.05) is 11.6 Å². The van der Waals surface area contributed by atoms with Crippen LogP contribution in [0.4, 0.5) is 4.79 Å². The monoisotopic (exact) mass is 529 g/mol. The number of likely N-dealkylation sites (N-methyl/N-ethyl adjacent to an activating group) is 1. The average Bonchev–Trinajstić information content (AvgIpc) is 3.36. The van der Waals surface area contributed by atoms with E-state index in [-0.39, 0.29) is 30.7 Å². The second-order valence-corrected chi connectivity index (χ2v) is 8.62. The average molecular weight is 531 g/mol. The number of unbranched alkanes of at least 4 members (excludes halogenated alkanes) is 1. The molecule has 0 bridgehead atoms. The van der Waals surface area contributed by atoms with Gasteiger partial charge in [-0.15, -0.1) is 24.8 Å². The lowest BCUT2D eigenvalue weighted by molar-refractivity contribution is -0.127. The number of hydrogen-bond donors (Lipinski definition) is 1. The van der Waals surface area contributed by atoms with Crippen LogP contribution in [0.5, 0.6) is 0 Å². The molecule has 0 spiro atoms. The van der Waals surface area contributed by atoms with Gasteiger partial charge >= 0.3 is 6.03 Å². The van der Waals surface area contributed by atoms with Crippen LogP contribution in [0, 0.1) is 0 Å². The molecule has 3 heterocycles. The minimum Gasteiger partial charge on any atom is -0.455 e. The van der Waals surface area contributed by atoms with Crippen LogP contribution in [-0.4, -0.2) is 85.3 Å². The second-order valence-electron chi connectivity index (χ2n) is 8.18. The number of rotatable bonds is 8. The Bertz CT molecular complexity index is 974. The van der Waals surface area contributed by atoms with Gasteiger partial charge in [0.25, 0.3) is 5.91 Å². The molecule has 1 aromatic carbocycles. The summed E-state index contributed by atoms with van der Waals surface area (Å²) in [5.74, 6) is 0.852. The van der Waals surface area contributed by atoms with Gasteiger partial charge in [-0.05, 0) is 62.8 Å². The molecule has 1 aromatic heterocycles. The number of urea groups is 1. The van der Waals surface area contributed by atoms with E-state index in [9.17, 15) is 9.59 Å². The standard InChI is InChI=1S/C23H28ClN5O3.2ClH/c1-27-12-14-28(15-13-27)10-2-3-11-29-22(30)21(26-23(29)31)25-16-19-8-9-20(32-19)17-4-6-18(24)7-5-17;;/h4-9,16,21H,2-3,10-15H2,1H3,(H,26,31);2*1H/b25-16+;;. The van der Waals surface area contributed by atoms with Gasteiger partial charge in [0, 0.05) is 43.3 Å². The van der Waals surface area contributed by atoms with Crippen molar-refractivity contribution in [1.82, 2.24) is 20.0 Å². The van der Waals surface area contributed by atoms with Gasteiger partial charge in [-0.2, -0.15) is 0 Å². The van der Waals surface area contributed by atoms with Crippen molar-refractivity contribution in [3.63, 3.8) is 0 Å². The van der Waals surface area contributed by atoms with Crippen LogP contribution in [0.1, 0.15) is 18.6 Å². The third-order valence-corrected chi connectivity index (χ3v) is 6.07. The van der Waals surface area contributed by atoms with Gasteiger partial charge in [0.1, 0.15) is 11.5 Å². The van der Waals surface area contributed by atoms with Crippen LogP contribution in [0.2, 0.25) is 5.02 Å². The summed E-state index contributed by atoms with van der Waals surface area (Å²) in [5.41, 5.74) is 0.891. The molecule has 1 N–H and O–H groups in total. The van der Waals surface area contributed by atoms with Gasteiger partial charge in [-0.3, -0.25) is 14.7 Å². The van der Waals surface area contributed by atoms with Crippen molar-refractivity contribution in [3.8, 4) is 11.3 Å². The highest BCUT2D eigenvalue weighted by molar-refractivity contribution is 6.30. The van der Waals surface area contributed by atoms with Gasteiger partial charge in [0.2, 0.25) is 6.17 Å². The number of amides is 3. The maximum Gasteiger partial charge on any atom is 0.326 e. The molecule has 3 amide bonds. The Labute approximate surface area is 217 Å². The minimum absolute atomic E-state index is 0. The van der Waals surface area contributed by atoms with E-state index in [0.29, 0.717) is 23.1 Å². The molecular weight excluding hydrogens is 501 g/mol. The van der Waals surface area contributed by atoms with Crippen molar-refractivity contribution in [2.45, 2.75) is 19.0 Å². The molecule has 186 valence electrons. The second kappa shape index (κ2) is 13.1. The first kappa shape index (κ1) is 28.1. The number of halogens is 3. The summed E-state index contributed by atoms with van der Waals surface area (Å²) in [6.45, 7) is 5.72. The minimum atomic E-state index is -0.913. The zero-order valence-corrected chi connectivity index (χ0v) is 21.4. The Morgan fingerprint density at radius 2 is 1.71 bits per heavy atom.